The molecule has 0 aromatic heterocycles. The first-order valence-electron chi connectivity index (χ1n) is 6.27. The summed E-state index contributed by atoms with van der Waals surface area (Å²) in [5.74, 6) is 1.78. The molecule has 0 radical (unpaired) electrons. The molecule has 3 heteroatoms. The summed E-state index contributed by atoms with van der Waals surface area (Å²) in [5.41, 5.74) is 2.51. The number of ether oxygens (including phenoxy) is 2. The number of rotatable bonds is 5. The van der Waals surface area contributed by atoms with Crippen LogP contribution in [0.15, 0.2) is 46.9 Å². The molecular weight excluding hydrogens is 304 g/mol. The van der Waals surface area contributed by atoms with E-state index < -0.39 is 0 Å². The fraction of sp³-hybridized carbons (Fsp3) is 0.250. The van der Waals surface area contributed by atoms with Gasteiger partial charge in [-0.2, -0.15) is 0 Å². The second-order valence-electron chi connectivity index (χ2n) is 4.22. The van der Waals surface area contributed by atoms with Crippen molar-refractivity contribution in [2.75, 3.05) is 13.7 Å². The van der Waals surface area contributed by atoms with E-state index in [0.717, 1.165) is 22.4 Å². The molecule has 2 nitrogen and oxygen atoms in total. The fourth-order valence-corrected chi connectivity index (χ4v) is 2.51. The summed E-state index contributed by atoms with van der Waals surface area (Å²) in [6.45, 7) is 2.69. The van der Waals surface area contributed by atoms with Crippen LogP contribution in [0, 0.1) is 0 Å². The lowest BCUT2D eigenvalue weighted by Crippen LogP contribution is -1.93. The van der Waals surface area contributed by atoms with Gasteiger partial charge in [-0.3, -0.25) is 0 Å². The number of hydrogen-bond acceptors (Lipinski definition) is 2. The molecule has 2 aromatic carbocycles. The molecule has 2 aromatic rings. The first-order valence-corrected chi connectivity index (χ1v) is 7.06. The molecule has 0 aliphatic rings. The zero-order valence-electron chi connectivity index (χ0n) is 11.2. The van der Waals surface area contributed by atoms with Gasteiger partial charge in [-0.15, -0.1) is 0 Å². The van der Waals surface area contributed by atoms with Gasteiger partial charge in [0.1, 0.15) is 11.5 Å². The van der Waals surface area contributed by atoms with Crippen LogP contribution in [0.2, 0.25) is 0 Å². The minimum absolute atomic E-state index is 0.699. The monoisotopic (exact) mass is 320 g/mol. The Morgan fingerprint density at radius 1 is 1.00 bits per heavy atom. The topological polar surface area (TPSA) is 18.5 Å². The molecule has 0 heterocycles. The molecule has 0 amide bonds. The maximum absolute atomic E-state index is 5.44. The zero-order valence-corrected chi connectivity index (χ0v) is 12.7. The minimum atomic E-state index is 0.699. The van der Waals surface area contributed by atoms with E-state index in [1.165, 1.54) is 11.1 Å². The van der Waals surface area contributed by atoms with Crippen LogP contribution in [0.3, 0.4) is 0 Å². The third-order valence-electron chi connectivity index (χ3n) is 2.86. The van der Waals surface area contributed by atoms with E-state index in [4.69, 9.17) is 9.47 Å². The molecule has 19 heavy (non-hydrogen) atoms. The molecule has 0 spiro atoms. The fourth-order valence-electron chi connectivity index (χ4n) is 1.93. The van der Waals surface area contributed by atoms with Crippen LogP contribution < -0.4 is 9.47 Å². The van der Waals surface area contributed by atoms with E-state index >= 15 is 0 Å². The third kappa shape index (κ3) is 3.74. The SMILES string of the molecule is CCOc1ccc(Cc2ccc(OC)c(Br)c2)cc1. The predicted molar refractivity (Wildman–Crippen MR) is 81.1 cm³/mol. The van der Waals surface area contributed by atoms with E-state index in [9.17, 15) is 0 Å². The number of hydrogen-bond donors (Lipinski definition) is 0. The lowest BCUT2D eigenvalue weighted by Gasteiger charge is -2.07. The van der Waals surface area contributed by atoms with Crippen molar-refractivity contribution in [3.63, 3.8) is 0 Å². The summed E-state index contributed by atoms with van der Waals surface area (Å²) in [7, 11) is 1.67. The van der Waals surface area contributed by atoms with Crippen molar-refractivity contribution in [3.8, 4) is 11.5 Å². The van der Waals surface area contributed by atoms with Gasteiger partial charge in [0.15, 0.2) is 0 Å². The van der Waals surface area contributed by atoms with Crippen LogP contribution in [0.5, 0.6) is 11.5 Å². The zero-order chi connectivity index (χ0) is 13.7. The average molecular weight is 321 g/mol. The predicted octanol–water partition coefficient (Wildman–Crippen LogP) is 4.45. The van der Waals surface area contributed by atoms with E-state index in [0.29, 0.717) is 6.61 Å². The van der Waals surface area contributed by atoms with Gasteiger partial charge in [0.25, 0.3) is 0 Å². The smallest absolute Gasteiger partial charge is 0.133 e. The molecule has 0 atom stereocenters. The largest absolute Gasteiger partial charge is 0.496 e. The van der Waals surface area contributed by atoms with Gasteiger partial charge in [0, 0.05) is 0 Å². The van der Waals surface area contributed by atoms with Gasteiger partial charge in [-0.1, -0.05) is 18.2 Å². The van der Waals surface area contributed by atoms with Crippen molar-refractivity contribution >= 4 is 15.9 Å². The molecule has 0 aliphatic heterocycles. The molecule has 0 N–H and O–H groups in total. The van der Waals surface area contributed by atoms with Crippen LogP contribution >= 0.6 is 15.9 Å². The molecule has 0 aliphatic carbocycles. The van der Waals surface area contributed by atoms with Crippen LogP contribution in [-0.4, -0.2) is 13.7 Å². The Morgan fingerprint density at radius 3 is 2.26 bits per heavy atom. The molecule has 100 valence electrons. The molecular formula is C16H17BrO2. The Morgan fingerprint density at radius 2 is 1.68 bits per heavy atom. The summed E-state index contributed by atoms with van der Waals surface area (Å²) in [6.07, 6.45) is 0.898. The van der Waals surface area contributed by atoms with E-state index in [1.54, 1.807) is 7.11 Å². The maximum Gasteiger partial charge on any atom is 0.133 e. The number of methoxy groups -OCH3 is 1. The number of halogens is 1. The minimum Gasteiger partial charge on any atom is -0.496 e. The second kappa shape index (κ2) is 6.62. The van der Waals surface area contributed by atoms with Crippen LogP contribution in [0.4, 0.5) is 0 Å². The first kappa shape index (κ1) is 13.9. The highest BCUT2D eigenvalue weighted by Crippen LogP contribution is 2.26. The van der Waals surface area contributed by atoms with E-state index in [-0.39, 0.29) is 0 Å². The van der Waals surface area contributed by atoms with Crippen LogP contribution in [-0.2, 0) is 6.42 Å². The maximum atomic E-state index is 5.44. The van der Waals surface area contributed by atoms with E-state index in [1.807, 2.05) is 25.1 Å². The Bertz CT molecular complexity index is 535. The van der Waals surface area contributed by atoms with Gasteiger partial charge >= 0.3 is 0 Å². The normalized spacial score (nSPS) is 10.3. The van der Waals surface area contributed by atoms with Gasteiger partial charge in [-0.05, 0) is 64.7 Å². The molecule has 0 saturated carbocycles. The summed E-state index contributed by atoms with van der Waals surface area (Å²) < 4.78 is 11.7. The standard InChI is InChI=1S/C16H17BrO2/c1-3-19-14-7-4-12(5-8-14)10-13-6-9-16(18-2)15(17)11-13/h4-9,11H,3,10H2,1-2H3. The third-order valence-corrected chi connectivity index (χ3v) is 3.48. The Hall–Kier alpha value is -1.48. The second-order valence-corrected chi connectivity index (χ2v) is 5.08. The Kier molecular flexibility index (Phi) is 4.86. The lowest BCUT2D eigenvalue weighted by molar-refractivity contribution is 0.340. The van der Waals surface area contributed by atoms with Gasteiger partial charge in [-0.25, -0.2) is 0 Å². The van der Waals surface area contributed by atoms with E-state index in [2.05, 4.69) is 40.2 Å². The van der Waals surface area contributed by atoms with Crippen molar-refractivity contribution in [3.05, 3.63) is 58.1 Å². The van der Waals surface area contributed by atoms with Crippen molar-refractivity contribution in [1.82, 2.24) is 0 Å². The van der Waals surface area contributed by atoms with Crippen molar-refractivity contribution in [1.29, 1.82) is 0 Å². The van der Waals surface area contributed by atoms with Gasteiger partial charge in [0.2, 0.25) is 0 Å². The highest BCUT2D eigenvalue weighted by atomic mass is 79.9. The Balaban J connectivity index is 2.10. The van der Waals surface area contributed by atoms with Crippen LogP contribution in [0.25, 0.3) is 0 Å². The lowest BCUT2D eigenvalue weighted by atomic mass is 10.0. The summed E-state index contributed by atoms with van der Waals surface area (Å²) in [4.78, 5) is 0. The highest BCUT2D eigenvalue weighted by molar-refractivity contribution is 9.10. The summed E-state index contributed by atoms with van der Waals surface area (Å²) in [6, 6.07) is 14.4. The highest BCUT2D eigenvalue weighted by Gasteiger charge is 2.03. The summed E-state index contributed by atoms with van der Waals surface area (Å²) >= 11 is 3.51. The first-order chi connectivity index (χ1) is 9.22. The van der Waals surface area contributed by atoms with Crippen molar-refractivity contribution in [2.45, 2.75) is 13.3 Å². The van der Waals surface area contributed by atoms with Crippen molar-refractivity contribution in [2.24, 2.45) is 0 Å². The van der Waals surface area contributed by atoms with Gasteiger partial charge < -0.3 is 9.47 Å². The average Bonchev–Trinajstić information content (AvgIpc) is 2.42. The molecule has 0 unspecified atom stereocenters. The van der Waals surface area contributed by atoms with Crippen LogP contribution in [0.1, 0.15) is 18.1 Å². The Labute approximate surface area is 122 Å². The quantitative estimate of drug-likeness (QED) is 0.810. The van der Waals surface area contributed by atoms with Crippen molar-refractivity contribution < 1.29 is 9.47 Å². The number of benzene rings is 2. The summed E-state index contributed by atoms with van der Waals surface area (Å²) in [5, 5.41) is 0. The van der Waals surface area contributed by atoms with Gasteiger partial charge in [0.05, 0.1) is 18.2 Å². The molecule has 2 rings (SSSR count). The molecule has 0 fully saturated rings. The molecule has 0 bridgehead atoms. The molecule has 0 saturated heterocycles.